The van der Waals surface area contributed by atoms with E-state index in [1.807, 2.05) is 6.92 Å². The van der Waals surface area contributed by atoms with Crippen LogP contribution in [0.3, 0.4) is 0 Å². The molecule has 8 heteroatoms. The van der Waals surface area contributed by atoms with Crippen LogP contribution in [0.15, 0.2) is 35.4 Å². The molecule has 27 heavy (non-hydrogen) atoms. The van der Waals surface area contributed by atoms with E-state index in [0.717, 1.165) is 0 Å². The molecule has 0 amide bonds. The molecule has 0 radical (unpaired) electrons. The van der Waals surface area contributed by atoms with Crippen LogP contribution in [-0.2, 0) is 7.05 Å². The topological polar surface area (TPSA) is 61.9 Å². The molecule has 6 nitrogen and oxygen atoms in total. The van der Waals surface area contributed by atoms with E-state index < -0.39 is 11.8 Å². The van der Waals surface area contributed by atoms with E-state index in [1.54, 1.807) is 17.8 Å². The zero-order chi connectivity index (χ0) is 18.9. The van der Waals surface area contributed by atoms with Crippen molar-refractivity contribution in [2.75, 3.05) is 6.61 Å². The maximum atomic E-state index is 15.0. The number of pyridine rings is 2. The largest absolute Gasteiger partial charge is 0.490 e. The standard InChI is InChI=1S/C19H14F2N4O2/c1-9-8-27-18-15(10-3-4-14(21)23-6-10)11(20)5-12-16(18)17-13(7-22-12)24(2)19(26)25(9)17/h3-7,9H,8H2,1-2H3/t9-/m1/s1. The van der Waals surface area contributed by atoms with Crippen molar-refractivity contribution >= 4 is 21.9 Å². The number of ether oxygens (including phenoxy) is 1. The zero-order valence-corrected chi connectivity index (χ0v) is 14.5. The monoisotopic (exact) mass is 368 g/mol. The van der Waals surface area contributed by atoms with E-state index in [1.165, 1.54) is 29.0 Å². The predicted molar refractivity (Wildman–Crippen MR) is 95.8 cm³/mol. The van der Waals surface area contributed by atoms with Gasteiger partial charge in [-0.3, -0.25) is 14.1 Å². The number of benzene rings is 1. The summed E-state index contributed by atoms with van der Waals surface area (Å²) in [5.41, 5.74) is 2.08. The van der Waals surface area contributed by atoms with E-state index in [0.29, 0.717) is 33.2 Å². The summed E-state index contributed by atoms with van der Waals surface area (Å²) in [6, 6.07) is 3.67. The maximum absolute atomic E-state index is 15.0. The highest BCUT2D eigenvalue weighted by Crippen LogP contribution is 2.43. The van der Waals surface area contributed by atoms with Gasteiger partial charge in [-0.25, -0.2) is 14.2 Å². The van der Waals surface area contributed by atoms with Gasteiger partial charge in [-0.1, -0.05) is 0 Å². The molecule has 0 aliphatic carbocycles. The fourth-order valence-corrected chi connectivity index (χ4v) is 3.74. The Labute approximate surface area is 151 Å². The van der Waals surface area contributed by atoms with E-state index in [2.05, 4.69) is 9.97 Å². The van der Waals surface area contributed by atoms with Crippen molar-refractivity contribution in [3.8, 4) is 16.9 Å². The lowest BCUT2D eigenvalue weighted by Crippen LogP contribution is -2.27. The Kier molecular flexibility index (Phi) is 3.16. The highest BCUT2D eigenvalue weighted by molar-refractivity contribution is 6.09. The van der Waals surface area contributed by atoms with Gasteiger partial charge in [-0.15, -0.1) is 0 Å². The van der Waals surface area contributed by atoms with E-state index >= 15 is 0 Å². The Hall–Kier alpha value is -3.29. The lowest BCUT2D eigenvalue weighted by Gasteiger charge is -2.15. The smallest absolute Gasteiger partial charge is 0.329 e. The number of aryl methyl sites for hydroxylation is 1. The molecule has 0 N–H and O–H groups in total. The molecule has 0 saturated heterocycles. The molecule has 4 aromatic rings. The first-order valence-corrected chi connectivity index (χ1v) is 8.44. The lowest BCUT2D eigenvalue weighted by molar-refractivity contribution is 0.267. The molecule has 1 aliphatic heterocycles. The van der Waals surface area contributed by atoms with Crippen LogP contribution in [0.4, 0.5) is 8.78 Å². The quantitative estimate of drug-likeness (QED) is 0.484. The summed E-state index contributed by atoms with van der Waals surface area (Å²) in [6.45, 7) is 2.06. The normalized spacial score (nSPS) is 16.1. The minimum absolute atomic E-state index is 0.182. The lowest BCUT2D eigenvalue weighted by atomic mass is 10.0. The van der Waals surface area contributed by atoms with Gasteiger partial charge >= 0.3 is 5.69 Å². The van der Waals surface area contributed by atoms with Crippen molar-refractivity contribution in [3.05, 3.63) is 52.8 Å². The van der Waals surface area contributed by atoms with Gasteiger partial charge in [0, 0.05) is 24.9 Å². The minimum atomic E-state index is -0.652. The first kappa shape index (κ1) is 15.9. The average Bonchev–Trinajstić information content (AvgIpc) is 2.80. The van der Waals surface area contributed by atoms with Crippen LogP contribution in [0, 0.1) is 11.8 Å². The minimum Gasteiger partial charge on any atom is -0.490 e. The van der Waals surface area contributed by atoms with Crippen molar-refractivity contribution in [1.29, 1.82) is 0 Å². The highest BCUT2D eigenvalue weighted by atomic mass is 19.1. The second-order valence-corrected chi connectivity index (χ2v) is 6.69. The fourth-order valence-electron chi connectivity index (χ4n) is 3.74. The number of hydrogen-bond donors (Lipinski definition) is 0. The Morgan fingerprint density at radius 2 is 2.04 bits per heavy atom. The van der Waals surface area contributed by atoms with Crippen molar-refractivity contribution in [2.24, 2.45) is 7.05 Å². The predicted octanol–water partition coefficient (Wildman–Crippen LogP) is 3.18. The third kappa shape index (κ3) is 2.06. The number of rotatable bonds is 1. The summed E-state index contributed by atoms with van der Waals surface area (Å²) in [6.07, 6.45) is 2.83. The number of halogens is 2. The van der Waals surface area contributed by atoms with Gasteiger partial charge in [0.2, 0.25) is 5.95 Å². The van der Waals surface area contributed by atoms with Crippen molar-refractivity contribution in [2.45, 2.75) is 13.0 Å². The molecule has 0 bridgehead atoms. The Bertz CT molecular complexity index is 1290. The van der Waals surface area contributed by atoms with Gasteiger partial charge < -0.3 is 4.74 Å². The molecule has 0 spiro atoms. The second-order valence-electron chi connectivity index (χ2n) is 6.69. The molecule has 3 aromatic heterocycles. The van der Waals surface area contributed by atoms with Gasteiger partial charge in [-0.05, 0) is 19.1 Å². The van der Waals surface area contributed by atoms with E-state index in [-0.39, 0.29) is 23.9 Å². The van der Waals surface area contributed by atoms with Gasteiger partial charge in [-0.2, -0.15) is 4.39 Å². The third-order valence-electron chi connectivity index (χ3n) is 5.04. The third-order valence-corrected chi connectivity index (χ3v) is 5.04. The number of aromatic nitrogens is 4. The van der Waals surface area contributed by atoms with Crippen molar-refractivity contribution in [3.63, 3.8) is 0 Å². The molecule has 1 atom stereocenters. The molecule has 1 aliphatic rings. The maximum Gasteiger partial charge on any atom is 0.329 e. The van der Waals surface area contributed by atoms with Gasteiger partial charge in [0.25, 0.3) is 0 Å². The first-order chi connectivity index (χ1) is 13.0. The van der Waals surface area contributed by atoms with Crippen LogP contribution in [0.5, 0.6) is 5.75 Å². The molecule has 0 unspecified atom stereocenters. The molecular formula is C19H14F2N4O2. The molecule has 0 fully saturated rings. The van der Waals surface area contributed by atoms with Gasteiger partial charge in [0.1, 0.15) is 18.2 Å². The second kappa shape index (κ2) is 5.35. The molecular weight excluding hydrogens is 354 g/mol. The molecule has 1 aromatic carbocycles. The Morgan fingerprint density at radius 1 is 1.22 bits per heavy atom. The highest BCUT2D eigenvalue weighted by Gasteiger charge is 2.28. The van der Waals surface area contributed by atoms with Crippen molar-refractivity contribution in [1.82, 2.24) is 19.1 Å². The zero-order valence-electron chi connectivity index (χ0n) is 14.5. The SMILES string of the molecule is C[C@@H]1COc2c(-c3ccc(F)nc3)c(F)cc3ncc4c(c23)n1c(=O)n4C. The summed E-state index contributed by atoms with van der Waals surface area (Å²) in [4.78, 5) is 20.7. The van der Waals surface area contributed by atoms with E-state index in [4.69, 9.17) is 4.74 Å². The molecule has 4 heterocycles. The summed E-state index contributed by atoms with van der Waals surface area (Å²) in [7, 11) is 1.68. The number of imidazole rings is 1. The summed E-state index contributed by atoms with van der Waals surface area (Å²) in [5.74, 6) is -0.904. The first-order valence-electron chi connectivity index (χ1n) is 8.44. The van der Waals surface area contributed by atoms with Crippen LogP contribution < -0.4 is 10.4 Å². The Morgan fingerprint density at radius 3 is 2.78 bits per heavy atom. The molecule has 5 rings (SSSR count). The molecule has 136 valence electrons. The van der Waals surface area contributed by atoms with Crippen LogP contribution in [-0.4, -0.2) is 25.7 Å². The summed E-state index contributed by atoms with van der Waals surface area (Å²) in [5, 5.41) is 0.565. The molecule has 0 saturated carbocycles. The number of hydrogen-bond acceptors (Lipinski definition) is 4. The van der Waals surface area contributed by atoms with Crippen LogP contribution >= 0.6 is 0 Å². The van der Waals surface area contributed by atoms with Gasteiger partial charge in [0.15, 0.2) is 0 Å². The van der Waals surface area contributed by atoms with Crippen LogP contribution in [0.1, 0.15) is 13.0 Å². The van der Waals surface area contributed by atoms with Crippen LogP contribution in [0.25, 0.3) is 33.1 Å². The fraction of sp³-hybridized carbons (Fsp3) is 0.211. The Balaban J connectivity index is 2.00. The van der Waals surface area contributed by atoms with Crippen LogP contribution in [0.2, 0.25) is 0 Å². The average molecular weight is 368 g/mol. The summed E-state index contributed by atoms with van der Waals surface area (Å²) >= 11 is 0. The summed E-state index contributed by atoms with van der Waals surface area (Å²) < 4.78 is 37.3. The number of nitrogens with zero attached hydrogens (tertiary/aromatic N) is 4. The van der Waals surface area contributed by atoms with Gasteiger partial charge in [0.05, 0.1) is 39.7 Å². The van der Waals surface area contributed by atoms with E-state index in [9.17, 15) is 13.6 Å². The van der Waals surface area contributed by atoms with Crippen molar-refractivity contribution < 1.29 is 13.5 Å².